The van der Waals surface area contributed by atoms with Gasteiger partial charge < -0.3 is 15.7 Å². The topological polar surface area (TPSA) is 66.6 Å². The van der Waals surface area contributed by atoms with Crippen molar-refractivity contribution in [2.24, 2.45) is 11.7 Å². The Hall–Kier alpha value is -0.610. The molecule has 2 saturated heterocycles. The second-order valence-electron chi connectivity index (χ2n) is 5.67. The monoisotopic (exact) mass is 240 g/mol. The van der Waals surface area contributed by atoms with Gasteiger partial charge in [0.15, 0.2) is 0 Å². The molecule has 0 spiro atoms. The first-order chi connectivity index (χ1) is 8.04. The normalized spacial score (nSPS) is 35.8. The van der Waals surface area contributed by atoms with E-state index in [1.807, 2.05) is 11.8 Å². The number of carbonyl (C=O) groups excluding carboxylic acids is 1. The Balaban J connectivity index is 2.06. The van der Waals surface area contributed by atoms with E-state index in [0.29, 0.717) is 0 Å². The minimum absolute atomic E-state index is 0.0961. The molecule has 0 aromatic heterocycles. The SMILES string of the molecule is CCC(C)[C@H](N)C(=O)N1C2CCC1CC(O)C2. The van der Waals surface area contributed by atoms with Crippen LogP contribution < -0.4 is 5.73 Å². The van der Waals surface area contributed by atoms with Crippen molar-refractivity contribution in [3.8, 4) is 0 Å². The summed E-state index contributed by atoms with van der Waals surface area (Å²) in [5.41, 5.74) is 6.04. The van der Waals surface area contributed by atoms with Crippen LogP contribution in [0, 0.1) is 5.92 Å². The molecule has 3 unspecified atom stereocenters. The molecule has 4 heteroatoms. The van der Waals surface area contributed by atoms with Gasteiger partial charge in [-0.05, 0) is 31.6 Å². The quantitative estimate of drug-likeness (QED) is 0.769. The molecule has 0 aromatic rings. The highest BCUT2D eigenvalue weighted by atomic mass is 16.3. The van der Waals surface area contributed by atoms with E-state index in [-0.39, 0.29) is 36.1 Å². The third-order valence-electron chi connectivity index (χ3n) is 4.50. The summed E-state index contributed by atoms with van der Waals surface area (Å²) < 4.78 is 0. The lowest BCUT2D eigenvalue weighted by Crippen LogP contribution is -2.55. The van der Waals surface area contributed by atoms with Crippen LogP contribution in [0.15, 0.2) is 0 Å². The van der Waals surface area contributed by atoms with Crippen molar-refractivity contribution in [3.63, 3.8) is 0 Å². The predicted octanol–water partition coefficient (Wildman–Crippen LogP) is 0.874. The van der Waals surface area contributed by atoms with Crippen LogP contribution in [-0.4, -0.2) is 40.1 Å². The summed E-state index contributed by atoms with van der Waals surface area (Å²) in [4.78, 5) is 14.4. The zero-order chi connectivity index (χ0) is 12.6. The zero-order valence-electron chi connectivity index (χ0n) is 10.8. The lowest BCUT2D eigenvalue weighted by atomic mass is 9.94. The maximum atomic E-state index is 12.4. The van der Waals surface area contributed by atoms with Crippen LogP contribution in [0.5, 0.6) is 0 Å². The van der Waals surface area contributed by atoms with Crippen molar-refractivity contribution in [1.82, 2.24) is 4.90 Å². The van der Waals surface area contributed by atoms with Crippen molar-refractivity contribution >= 4 is 5.91 Å². The molecule has 3 N–H and O–H groups in total. The number of fused-ring (bicyclic) bond motifs is 2. The number of rotatable bonds is 3. The second-order valence-corrected chi connectivity index (χ2v) is 5.67. The molecule has 2 aliphatic rings. The number of aliphatic hydroxyl groups is 1. The van der Waals surface area contributed by atoms with Gasteiger partial charge in [-0.3, -0.25) is 4.79 Å². The van der Waals surface area contributed by atoms with E-state index >= 15 is 0 Å². The van der Waals surface area contributed by atoms with Gasteiger partial charge in [-0.25, -0.2) is 0 Å². The Morgan fingerprint density at radius 3 is 2.41 bits per heavy atom. The number of piperidine rings is 1. The Morgan fingerprint density at radius 2 is 1.94 bits per heavy atom. The average molecular weight is 240 g/mol. The molecular weight excluding hydrogens is 216 g/mol. The zero-order valence-corrected chi connectivity index (χ0v) is 10.8. The van der Waals surface area contributed by atoms with Gasteiger partial charge >= 0.3 is 0 Å². The van der Waals surface area contributed by atoms with Crippen LogP contribution in [0.25, 0.3) is 0 Å². The van der Waals surface area contributed by atoms with Crippen LogP contribution in [-0.2, 0) is 4.79 Å². The molecule has 1 amide bonds. The molecule has 0 saturated carbocycles. The number of aliphatic hydroxyl groups excluding tert-OH is 1. The van der Waals surface area contributed by atoms with Gasteiger partial charge in [0.05, 0.1) is 12.1 Å². The van der Waals surface area contributed by atoms with E-state index in [4.69, 9.17) is 5.73 Å². The second kappa shape index (κ2) is 4.94. The Kier molecular flexibility index (Phi) is 3.73. The van der Waals surface area contributed by atoms with Gasteiger partial charge in [0, 0.05) is 12.1 Å². The molecule has 17 heavy (non-hydrogen) atoms. The summed E-state index contributed by atoms with van der Waals surface area (Å²) in [6.07, 6.45) is 4.22. The number of carbonyl (C=O) groups is 1. The molecule has 4 atom stereocenters. The van der Waals surface area contributed by atoms with Crippen molar-refractivity contribution in [1.29, 1.82) is 0 Å². The average Bonchev–Trinajstić information content (AvgIpc) is 2.58. The highest BCUT2D eigenvalue weighted by molar-refractivity contribution is 5.83. The van der Waals surface area contributed by atoms with Gasteiger partial charge in [-0.15, -0.1) is 0 Å². The molecule has 4 nitrogen and oxygen atoms in total. The van der Waals surface area contributed by atoms with Gasteiger partial charge in [-0.1, -0.05) is 20.3 Å². The maximum absolute atomic E-state index is 12.4. The van der Waals surface area contributed by atoms with Crippen molar-refractivity contribution in [3.05, 3.63) is 0 Å². The Morgan fingerprint density at radius 1 is 1.41 bits per heavy atom. The molecule has 2 heterocycles. The standard InChI is InChI=1S/C13H24N2O2/c1-3-8(2)12(14)13(17)15-9-4-5-10(15)7-11(16)6-9/h8-12,16H,3-7,14H2,1-2H3/t8?,9?,10?,11?,12-/m0/s1. The van der Waals surface area contributed by atoms with Crippen LogP contribution in [0.4, 0.5) is 0 Å². The van der Waals surface area contributed by atoms with E-state index in [1.54, 1.807) is 0 Å². The van der Waals surface area contributed by atoms with Crippen molar-refractivity contribution in [2.45, 2.75) is 70.2 Å². The van der Waals surface area contributed by atoms with Gasteiger partial charge in [0.25, 0.3) is 0 Å². The third-order valence-corrected chi connectivity index (χ3v) is 4.50. The van der Waals surface area contributed by atoms with Crippen LogP contribution in [0.2, 0.25) is 0 Å². The van der Waals surface area contributed by atoms with E-state index in [0.717, 1.165) is 32.1 Å². The van der Waals surface area contributed by atoms with Crippen molar-refractivity contribution < 1.29 is 9.90 Å². The molecular formula is C13H24N2O2. The van der Waals surface area contributed by atoms with Crippen molar-refractivity contribution in [2.75, 3.05) is 0 Å². The maximum Gasteiger partial charge on any atom is 0.240 e. The first-order valence-corrected chi connectivity index (χ1v) is 6.80. The van der Waals surface area contributed by atoms with E-state index < -0.39 is 0 Å². The third kappa shape index (κ3) is 2.33. The number of amides is 1. The molecule has 0 radical (unpaired) electrons. The van der Waals surface area contributed by atoms with Gasteiger partial charge in [0.2, 0.25) is 5.91 Å². The summed E-state index contributed by atoms with van der Waals surface area (Å²) in [6, 6.07) is 0.0797. The highest BCUT2D eigenvalue weighted by Gasteiger charge is 2.44. The molecule has 98 valence electrons. The minimum Gasteiger partial charge on any atom is -0.393 e. The van der Waals surface area contributed by atoms with Gasteiger partial charge in [0.1, 0.15) is 0 Å². The first-order valence-electron chi connectivity index (χ1n) is 6.80. The molecule has 2 fully saturated rings. The summed E-state index contributed by atoms with van der Waals surface area (Å²) in [6.45, 7) is 4.09. The smallest absolute Gasteiger partial charge is 0.240 e. The number of hydrogen-bond donors (Lipinski definition) is 2. The molecule has 2 aliphatic heterocycles. The lowest BCUT2D eigenvalue weighted by molar-refractivity contribution is -0.140. The fraction of sp³-hybridized carbons (Fsp3) is 0.923. The molecule has 2 bridgehead atoms. The highest BCUT2D eigenvalue weighted by Crippen LogP contribution is 2.36. The largest absolute Gasteiger partial charge is 0.393 e. The van der Waals surface area contributed by atoms with Gasteiger partial charge in [-0.2, -0.15) is 0 Å². The lowest BCUT2D eigenvalue weighted by Gasteiger charge is -2.39. The summed E-state index contributed by atoms with van der Waals surface area (Å²) >= 11 is 0. The van der Waals surface area contributed by atoms with E-state index in [9.17, 15) is 9.90 Å². The van der Waals surface area contributed by atoms with E-state index in [1.165, 1.54) is 0 Å². The number of hydrogen-bond acceptors (Lipinski definition) is 3. The van der Waals surface area contributed by atoms with Crippen LogP contribution in [0.3, 0.4) is 0 Å². The minimum atomic E-state index is -0.377. The first kappa shape index (κ1) is 12.8. The molecule has 0 aliphatic carbocycles. The predicted molar refractivity (Wildman–Crippen MR) is 66.3 cm³/mol. The fourth-order valence-electron chi connectivity index (χ4n) is 3.18. The molecule has 2 rings (SSSR count). The fourth-order valence-corrected chi connectivity index (χ4v) is 3.18. The Labute approximate surface area is 103 Å². The summed E-state index contributed by atoms with van der Waals surface area (Å²) in [5.74, 6) is 0.326. The number of nitrogens with zero attached hydrogens (tertiary/aromatic N) is 1. The van der Waals surface area contributed by atoms with E-state index in [2.05, 4.69) is 6.92 Å². The van der Waals surface area contributed by atoms with Crippen LogP contribution in [0.1, 0.15) is 46.0 Å². The Bertz CT molecular complexity index is 281. The number of nitrogens with two attached hydrogens (primary N) is 1. The summed E-state index contributed by atoms with van der Waals surface area (Å²) in [5, 5.41) is 9.71. The molecule has 0 aromatic carbocycles. The summed E-state index contributed by atoms with van der Waals surface area (Å²) in [7, 11) is 0. The van der Waals surface area contributed by atoms with Crippen LogP contribution >= 0.6 is 0 Å².